The van der Waals surface area contributed by atoms with Gasteiger partial charge in [-0.1, -0.05) is 36.4 Å². The van der Waals surface area contributed by atoms with E-state index in [2.05, 4.69) is 38.5 Å². The summed E-state index contributed by atoms with van der Waals surface area (Å²) in [5.41, 5.74) is 2.01. The molecule has 0 bridgehead atoms. The van der Waals surface area contributed by atoms with Crippen LogP contribution in [-0.4, -0.2) is 34.5 Å². The summed E-state index contributed by atoms with van der Waals surface area (Å²) in [6, 6.07) is 18.1. The van der Waals surface area contributed by atoms with Crippen LogP contribution in [0.4, 0.5) is 5.82 Å². The Balaban J connectivity index is 1.46. The molecule has 0 spiro atoms. The average molecular weight is 418 g/mol. The quantitative estimate of drug-likeness (QED) is 0.488. The molecular formula is C23H23N5OS. The van der Waals surface area contributed by atoms with Crippen molar-refractivity contribution in [3.05, 3.63) is 72.3 Å². The van der Waals surface area contributed by atoms with Gasteiger partial charge in [-0.25, -0.2) is 9.97 Å². The van der Waals surface area contributed by atoms with Crippen molar-refractivity contribution in [1.82, 2.24) is 20.3 Å². The molecule has 152 valence electrons. The van der Waals surface area contributed by atoms with Gasteiger partial charge >= 0.3 is 0 Å². The van der Waals surface area contributed by atoms with Gasteiger partial charge in [-0.05, 0) is 30.7 Å². The number of nitrogens with one attached hydrogen (secondary N) is 1. The summed E-state index contributed by atoms with van der Waals surface area (Å²) in [6.07, 6.45) is 2.10. The lowest BCUT2D eigenvalue weighted by Crippen LogP contribution is -2.29. The number of hydrogen-bond acceptors (Lipinski definition) is 6. The van der Waals surface area contributed by atoms with Gasteiger partial charge in [-0.15, -0.1) is 11.3 Å². The van der Waals surface area contributed by atoms with Gasteiger partial charge < -0.3 is 10.2 Å². The second kappa shape index (κ2) is 9.00. The Morgan fingerprint density at radius 2 is 1.90 bits per heavy atom. The van der Waals surface area contributed by atoms with Crippen LogP contribution in [0, 0.1) is 6.92 Å². The molecule has 7 heteroatoms. The fourth-order valence-electron chi connectivity index (χ4n) is 3.20. The lowest BCUT2D eigenvalue weighted by Gasteiger charge is -2.19. The maximum Gasteiger partial charge on any atom is 0.222 e. The van der Waals surface area contributed by atoms with Crippen LogP contribution >= 0.6 is 11.3 Å². The Hall–Kier alpha value is -3.32. The molecule has 1 aromatic carbocycles. The fourth-order valence-corrected chi connectivity index (χ4v) is 4.28. The van der Waals surface area contributed by atoms with Crippen LogP contribution in [0.3, 0.4) is 0 Å². The summed E-state index contributed by atoms with van der Waals surface area (Å²) >= 11 is 1.66. The summed E-state index contributed by atoms with van der Waals surface area (Å²) in [5, 5.41) is 3.94. The van der Waals surface area contributed by atoms with E-state index in [-0.39, 0.29) is 5.91 Å². The van der Waals surface area contributed by atoms with E-state index in [1.807, 2.05) is 55.3 Å². The van der Waals surface area contributed by atoms with Gasteiger partial charge in [0, 0.05) is 31.1 Å². The van der Waals surface area contributed by atoms with Crippen molar-refractivity contribution in [3.8, 4) is 10.4 Å². The predicted molar refractivity (Wildman–Crippen MR) is 122 cm³/mol. The van der Waals surface area contributed by atoms with Gasteiger partial charge in [0.05, 0.1) is 17.6 Å². The number of carbonyl (C=O) groups excluding carboxylic acids is 1. The Morgan fingerprint density at radius 1 is 1.10 bits per heavy atom. The van der Waals surface area contributed by atoms with E-state index in [9.17, 15) is 4.79 Å². The number of aromatic nitrogens is 3. The first-order valence-electron chi connectivity index (χ1n) is 9.81. The third-order valence-electron chi connectivity index (χ3n) is 4.77. The maximum atomic E-state index is 12.3. The van der Waals surface area contributed by atoms with E-state index >= 15 is 0 Å². The van der Waals surface area contributed by atoms with Crippen molar-refractivity contribution in [2.45, 2.75) is 19.9 Å². The Labute approximate surface area is 179 Å². The molecule has 1 N–H and O–H groups in total. The van der Waals surface area contributed by atoms with Crippen molar-refractivity contribution in [1.29, 1.82) is 0 Å². The minimum Gasteiger partial charge on any atom is -0.359 e. The molecule has 0 radical (unpaired) electrons. The average Bonchev–Trinajstić information content (AvgIpc) is 3.20. The Morgan fingerprint density at radius 3 is 2.67 bits per heavy atom. The summed E-state index contributed by atoms with van der Waals surface area (Å²) < 4.78 is 0. The molecule has 4 rings (SSSR count). The van der Waals surface area contributed by atoms with Crippen LogP contribution < -0.4 is 10.2 Å². The van der Waals surface area contributed by atoms with E-state index < -0.39 is 0 Å². The van der Waals surface area contributed by atoms with Crippen LogP contribution in [0.15, 0.2) is 60.8 Å². The largest absolute Gasteiger partial charge is 0.359 e. The molecule has 0 aliphatic rings. The van der Waals surface area contributed by atoms with Crippen molar-refractivity contribution >= 4 is 33.3 Å². The zero-order chi connectivity index (χ0) is 20.9. The summed E-state index contributed by atoms with van der Waals surface area (Å²) in [4.78, 5) is 29.9. The molecule has 1 amide bonds. The molecule has 6 nitrogen and oxygen atoms in total. The lowest BCUT2D eigenvalue weighted by atomic mass is 10.2. The minimum atomic E-state index is -0.00943. The molecule has 0 aliphatic heterocycles. The van der Waals surface area contributed by atoms with Crippen LogP contribution in [-0.2, 0) is 11.3 Å². The molecular weight excluding hydrogens is 394 g/mol. The van der Waals surface area contributed by atoms with Crippen molar-refractivity contribution in [3.63, 3.8) is 0 Å². The fraction of sp³-hybridized carbons (Fsp3) is 0.217. The highest BCUT2D eigenvalue weighted by Gasteiger charge is 2.15. The van der Waals surface area contributed by atoms with Crippen molar-refractivity contribution < 1.29 is 4.79 Å². The summed E-state index contributed by atoms with van der Waals surface area (Å²) in [7, 11) is 1.97. The maximum absolute atomic E-state index is 12.3. The van der Waals surface area contributed by atoms with E-state index in [0.717, 1.165) is 32.4 Å². The number of pyridine rings is 1. The number of hydrogen-bond donors (Lipinski definition) is 1. The number of nitrogens with zero attached hydrogens (tertiary/aromatic N) is 4. The standard InChI is InChI=1S/C23H23N5OS/c1-16-26-22(19-14-20(30-23(19)27-16)17-8-4-3-5-9-17)28(2)13-11-21(29)25-15-18-10-6-7-12-24-18/h3-10,12,14H,11,13,15H2,1-2H3,(H,25,29). The Kier molecular flexibility index (Phi) is 5.99. The number of carbonyl (C=O) groups is 1. The molecule has 3 aromatic heterocycles. The first kappa shape index (κ1) is 20.0. The monoisotopic (exact) mass is 417 g/mol. The van der Waals surface area contributed by atoms with Gasteiger partial charge in [-0.2, -0.15) is 0 Å². The SMILES string of the molecule is Cc1nc(N(C)CCC(=O)NCc2ccccn2)c2cc(-c3ccccc3)sc2n1. The number of benzene rings is 1. The van der Waals surface area contributed by atoms with Gasteiger partial charge in [0.25, 0.3) is 0 Å². The van der Waals surface area contributed by atoms with E-state index in [1.54, 1.807) is 17.5 Å². The van der Waals surface area contributed by atoms with Crippen LogP contribution in [0.5, 0.6) is 0 Å². The second-order valence-electron chi connectivity index (χ2n) is 7.06. The Bertz CT molecular complexity index is 1140. The molecule has 0 aliphatic carbocycles. The molecule has 0 saturated heterocycles. The van der Waals surface area contributed by atoms with E-state index in [1.165, 1.54) is 5.56 Å². The molecule has 3 heterocycles. The topological polar surface area (TPSA) is 71.0 Å². The predicted octanol–water partition coefficient (Wildman–Crippen LogP) is 4.20. The first-order chi connectivity index (χ1) is 14.6. The number of fused-ring (bicyclic) bond motifs is 1. The van der Waals surface area contributed by atoms with Crippen LogP contribution in [0.2, 0.25) is 0 Å². The van der Waals surface area contributed by atoms with Crippen LogP contribution in [0.25, 0.3) is 20.7 Å². The highest BCUT2D eigenvalue weighted by molar-refractivity contribution is 7.21. The smallest absolute Gasteiger partial charge is 0.222 e. The van der Waals surface area contributed by atoms with Crippen molar-refractivity contribution in [2.75, 3.05) is 18.5 Å². The van der Waals surface area contributed by atoms with Gasteiger partial charge in [0.1, 0.15) is 16.5 Å². The van der Waals surface area contributed by atoms with Gasteiger partial charge in [0.15, 0.2) is 0 Å². The molecule has 0 atom stereocenters. The third kappa shape index (κ3) is 4.63. The van der Waals surface area contributed by atoms with Gasteiger partial charge in [-0.3, -0.25) is 9.78 Å². The number of thiophene rings is 1. The van der Waals surface area contributed by atoms with Gasteiger partial charge in [0.2, 0.25) is 5.91 Å². The molecule has 0 fully saturated rings. The molecule has 0 saturated carbocycles. The molecule has 30 heavy (non-hydrogen) atoms. The molecule has 0 unspecified atom stereocenters. The summed E-state index contributed by atoms with van der Waals surface area (Å²) in [5.74, 6) is 1.57. The van der Waals surface area contributed by atoms with Crippen LogP contribution in [0.1, 0.15) is 17.9 Å². The highest BCUT2D eigenvalue weighted by atomic mass is 32.1. The van der Waals surface area contributed by atoms with E-state index in [0.29, 0.717) is 19.5 Å². The van der Waals surface area contributed by atoms with Crippen molar-refractivity contribution in [2.24, 2.45) is 0 Å². The lowest BCUT2D eigenvalue weighted by molar-refractivity contribution is -0.121. The third-order valence-corrected chi connectivity index (χ3v) is 5.85. The molecule has 4 aromatic rings. The minimum absolute atomic E-state index is 0.00943. The normalized spacial score (nSPS) is 10.9. The summed E-state index contributed by atoms with van der Waals surface area (Å²) in [6.45, 7) is 2.90. The zero-order valence-electron chi connectivity index (χ0n) is 17.0. The number of amides is 1. The number of rotatable bonds is 7. The second-order valence-corrected chi connectivity index (χ2v) is 8.09. The van der Waals surface area contributed by atoms with E-state index in [4.69, 9.17) is 0 Å². The zero-order valence-corrected chi connectivity index (χ0v) is 17.8. The first-order valence-corrected chi connectivity index (χ1v) is 10.6. The highest BCUT2D eigenvalue weighted by Crippen LogP contribution is 2.36. The number of aryl methyl sites for hydroxylation is 1. The number of anilines is 1.